The first-order valence-electron chi connectivity index (χ1n) is 18.6. The van der Waals surface area contributed by atoms with Crippen molar-refractivity contribution in [1.82, 2.24) is 15.3 Å². The molecular formula is C42H53F3N4O7. The molecule has 11 nitrogen and oxygen atoms in total. The lowest BCUT2D eigenvalue weighted by Crippen LogP contribution is -2.33. The van der Waals surface area contributed by atoms with Gasteiger partial charge in [-0.1, -0.05) is 24.3 Å². The molecule has 0 saturated heterocycles. The zero-order valence-electron chi connectivity index (χ0n) is 32.7. The summed E-state index contributed by atoms with van der Waals surface area (Å²) in [5.41, 5.74) is 8.27. The number of aliphatic carboxylic acids is 1. The Bertz CT molecular complexity index is 1750. The van der Waals surface area contributed by atoms with Crippen LogP contribution in [0.2, 0.25) is 0 Å². The van der Waals surface area contributed by atoms with E-state index in [0.717, 1.165) is 50.0 Å². The van der Waals surface area contributed by atoms with Crippen LogP contribution in [0.3, 0.4) is 0 Å². The number of benzene rings is 2. The van der Waals surface area contributed by atoms with Crippen LogP contribution in [0, 0.1) is 5.92 Å². The van der Waals surface area contributed by atoms with E-state index in [2.05, 4.69) is 46.5 Å². The van der Waals surface area contributed by atoms with E-state index in [1.807, 2.05) is 77.1 Å². The molecule has 0 aliphatic heterocycles. The molecule has 2 unspecified atom stereocenters. The molecule has 0 spiro atoms. The lowest BCUT2D eigenvalue weighted by molar-refractivity contribution is -0.192. The monoisotopic (exact) mass is 782 g/mol. The van der Waals surface area contributed by atoms with Crippen LogP contribution in [-0.4, -0.2) is 57.4 Å². The molecule has 0 bridgehead atoms. The van der Waals surface area contributed by atoms with Gasteiger partial charge >= 0.3 is 12.1 Å². The zero-order valence-corrected chi connectivity index (χ0v) is 32.7. The molecule has 2 heterocycles. The van der Waals surface area contributed by atoms with Gasteiger partial charge < -0.3 is 35.1 Å². The van der Waals surface area contributed by atoms with Crippen LogP contribution >= 0.6 is 0 Å². The second kappa shape index (κ2) is 22.2. The number of nitrogens with one attached hydrogen (secondary N) is 1. The lowest BCUT2D eigenvalue weighted by Gasteiger charge is -2.14. The van der Waals surface area contributed by atoms with Gasteiger partial charge in [0.25, 0.3) is 0 Å². The lowest BCUT2D eigenvalue weighted by atomic mass is 10.1. The number of pyridine rings is 2. The van der Waals surface area contributed by atoms with Crippen LogP contribution in [0.1, 0.15) is 78.4 Å². The highest BCUT2D eigenvalue weighted by atomic mass is 19.4. The van der Waals surface area contributed by atoms with E-state index < -0.39 is 12.1 Å². The van der Waals surface area contributed by atoms with E-state index in [1.54, 1.807) is 18.5 Å². The van der Waals surface area contributed by atoms with Crippen LogP contribution in [0.5, 0.6) is 34.8 Å². The normalized spacial score (nSPS) is 13.3. The third-order valence-electron chi connectivity index (χ3n) is 7.78. The van der Waals surface area contributed by atoms with Gasteiger partial charge in [-0.2, -0.15) is 13.2 Å². The van der Waals surface area contributed by atoms with Gasteiger partial charge in [0.15, 0.2) is 0 Å². The number of nitrogens with zero attached hydrogens (tertiary/aromatic N) is 2. The SMILES string of the molecule is CC(CCc1ccc(Oc2ccc(OC(C)C)nc2)cc1)NC(=O)C1CC1.CC(N)CCc1ccc(Oc2ccc(OC(C)C)nc2)cc1.O=C(O)C(F)(F)F. The van der Waals surface area contributed by atoms with Crippen molar-refractivity contribution < 1.29 is 46.8 Å². The fraction of sp³-hybridized carbons (Fsp3) is 0.429. The number of aryl methyl sites for hydroxylation is 2. The summed E-state index contributed by atoms with van der Waals surface area (Å²) in [6.07, 6.45) is 4.38. The Labute approximate surface area is 326 Å². The third kappa shape index (κ3) is 18.3. The minimum absolute atomic E-state index is 0.0987. The summed E-state index contributed by atoms with van der Waals surface area (Å²) >= 11 is 0. The van der Waals surface area contributed by atoms with Crippen molar-refractivity contribution in [3.63, 3.8) is 0 Å². The van der Waals surface area contributed by atoms with E-state index in [-0.39, 0.29) is 36.1 Å². The smallest absolute Gasteiger partial charge is 0.475 e. The number of halogens is 3. The summed E-state index contributed by atoms with van der Waals surface area (Å²) in [7, 11) is 0. The molecule has 304 valence electrons. The number of alkyl halides is 3. The molecule has 1 amide bonds. The predicted molar refractivity (Wildman–Crippen MR) is 207 cm³/mol. The maximum absolute atomic E-state index is 11.8. The van der Waals surface area contributed by atoms with Crippen LogP contribution in [-0.2, 0) is 22.4 Å². The second-order valence-electron chi connectivity index (χ2n) is 14.0. The summed E-state index contributed by atoms with van der Waals surface area (Å²) in [5.74, 6) is 1.86. The van der Waals surface area contributed by atoms with Gasteiger partial charge in [0.1, 0.15) is 23.0 Å². The number of rotatable bonds is 16. The summed E-state index contributed by atoms with van der Waals surface area (Å²) in [5, 5.41) is 10.2. The average molecular weight is 783 g/mol. The summed E-state index contributed by atoms with van der Waals surface area (Å²) in [6, 6.07) is 23.9. The number of amides is 1. The fourth-order valence-corrected chi connectivity index (χ4v) is 4.75. The first kappa shape index (κ1) is 45.0. The maximum atomic E-state index is 11.8. The predicted octanol–water partition coefficient (Wildman–Crippen LogP) is 9.08. The Balaban J connectivity index is 0.000000261. The van der Waals surface area contributed by atoms with Crippen molar-refractivity contribution in [3.05, 3.63) is 96.3 Å². The van der Waals surface area contributed by atoms with Gasteiger partial charge in [-0.05, 0) is 128 Å². The molecule has 2 aromatic heterocycles. The molecule has 1 aliphatic rings. The highest BCUT2D eigenvalue weighted by Gasteiger charge is 2.38. The molecule has 4 N–H and O–H groups in total. The van der Waals surface area contributed by atoms with Gasteiger partial charge in [0, 0.05) is 30.1 Å². The van der Waals surface area contributed by atoms with Crippen molar-refractivity contribution >= 4 is 11.9 Å². The average Bonchev–Trinajstić information content (AvgIpc) is 3.99. The fourth-order valence-electron chi connectivity index (χ4n) is 4.75. The molecule has 0 radical (unpaired) electrons. The number of hydrogen-bond donors (Lipinski definition) is 3. The summed E-state index contributed by atoms with van der Waals surface area (Å²) < 4.78 is 54.4. The number of aromatic nitrogens is 2. The van der Waals surface area contributed by atoms with Gasteiger partial charge in [-0.25, -0.2) is 14.8 Å². The Morgan fingerprint density at radius 1 is 0.714 bits per heavy atom. The van der Waals surface area contributed by atoms with E-state index in [4.69, 9.17) is 34.6 Å². The third-order valence-corrected chi connectivity index (χ3v) is 7.78. The minimum Gasteiger partial charge on any atom is -0.475 e. The van der Waals surface area contributed by atoms with Gasteiger partial charge in [-0.3, -0.25) is 4.79 Å². The summed E-state index contributed by atoms with van der Waals surface area (Å²) in [6.45, 7) is 12.0. The number of carboxylic acids is 1. The quantitative estimate of drug-likeness (QED) is 0.100. The highest BCUT2D eigenvalue weighted by Crippen LogP contribution is 2.29. The van der Waals surface area contributed by atoms with Gasteiger partial charge in [0.2, 0.25) is 17.7 Å². The van der Waals surface area contributed by atoms with Crippen molar-refractivity contribution in [2.45, 2.75) is 111 Å². The first-order valence-corrected chi connectivity index (χ1v) is 18.6. The molecule has 14 heteroatoms. The molecule has 2 aromatic carbocycles. The van der Waals surface area contributed by atoms with Gasteiger partial charge in [0.05, 0.1) is 24.6 Å². The molecule has 4 aromatic rings. The number of carbonyl (C=O) groups excluding carboxylic acids is 1. The van der Waals surface area contributed by atoms with Crippen LogP contribution in [0.25, 0.3) is 0 Å². The standard InChI is InChI=1S/C22H28N2O3.C18H24N2O2.C2HF3O2/c1-15(2)26-21-13-12-20(14-23-21)27-19-10-6-17(7-11-19)5-4-16(3)24-22(25)18-8-9-18;1-13(2)21-18-11-10-17(12-20-18)22-16-8-6-15(7-9-16)5-4-14(3)19;3-2(4,5)1(6)7/h6-7,10-16,18H,4-5,8-9H2,1-3H3,(H,24,25);6-14H,4-5,19H2,1-3H3;(H,6,7). The Morgan fingerprint density at radius 2 is 1.11 bits per heavy atom. The number of ether oxygens (including phenoxy) is 4. The van der Waals surface area contributed by atoms with Crippen LogP contribution in [0.4, 0.5) is 13.2 Å². The number of carboxylic acid groups (broad SMARTS) is 1. The van der Waals surface area contributed by atoms with Crippen LogP contribution < -0.4 is 30.0 Å². The molecule has 1 saturated carbocycles. The van der Waals surface area contributed by atoms with E-state index in [0.29, 0.717) is 23.3 Å². The first-order chi connectivity index (χ1) is 26.5. The second-order valence-corrected chi connectivity index (χ2v) is 14.0. The molecule has 56 heavy (non-hydrogen) atoms. The van der Waals surface area contributed by atoms with Crippen molar-refractivity contribution in [2.75, 3.05) is 0 Å². The Hall–Kier alpha value is -5.37. The number of carbonyl (C=O) groups is 2. The molecule has 5 rings (SSSR count). The van der Waals surface area contributed by atoms with Crippen molar-refractivity contribution in [1.29, 1.82) is 0 Å². The molecule has 2 atom stereocenters. The Kier molecular flexibility index (Phi) is 17.9. The van der Waals surface area contributed by atoms with Crippen molar-refractivity contribution in [3.8, 4) is 34.8 Å². The van der Waals surface area contributed by atoms with E-state index in [9.17, 15) is 18.0 Å². The minimum atomic E-state index is -5.08. The highest BCUT2D eigenvalue weighted by molar-refractivity contribution is 5.81. The maximum Gasteiger partial charge on any atom is 0.490 e. The van der Waals surface area contributed by atoms with Crippen LogP contribution in [0.15, 0.2) is 85.2 Å². The Morgan fingerprint density at radius 3 is 1.43 bits per heavy atom. The topological polar surface area (TPSA) is 155 Å². The summed E-state index contributed by atoms with van der Waals surface area (Å²) in [4.78, 5) is 29.1. The van der Waals surface area contributed by atoms with E-state index >= 15 is 0 Å². The molecule has 1 aliphatic carbocycles. The number of nitrogens with two attached hydrogens (primary N) is 1. The number of hydrogen-bond acceptors (Lipinski definition) is 9. The van der Waals surface area contributed by atoms with E-state index in [1.165, 1.54) is 11.1 Å². The largest absolute Gasteiger partial charge is 0.490 e. The van der Waals surface area contributed by atoms with Crippen molar-refractivity contribution in [2.24, 2.45) is 11.7 Å². The zero-order chi connectivity index (χ0) is 41.3. The molecule has 1 fully saturated rings. The molecular weight excluding hydrogens is 729 g/mol. The van der Waals surface area contributed by atoms with Gasteiger partial charge in [-0.15, -0.1) is 0 Å².